The van der Waals surface area contributed by atoms with Gasteiger partial charge in [0, 0.05) is 6.20 Å². The average Bonchev–Trinajstić information content (AvgIpc) is 3.43. The zero-order valence-electron chi connectivity index (χ0n) is 15.1. The summed E-state index contributed by atoms with van der Waals surface area (Å²) >= 11 is 12.4. The second kappa shape index (κ2) is 7.89. The normalized spacial score (nSPS) is 13.3. The Hall–Kier alpha value is -2.83. The topological polar surface area (TPSA) is 81.4 Å². The van der Waals surface area contributed by atoms with Crippen molar-refractivity contribution >= 4 is 35.0 Å². The zero-order chi connectivity index (χ0) is 20.5. The van der Waals surface area contributed by atoms with Crippen molar-refractivity contribution in [3.05, 3.63) is 75.5 Å². The number of nitrogens with zero attached hydrogens (tertiary/aromatic N) is 2. The minimum atomic E-state index is -1.11. The number of carbonyl (C=O) groups excluding carboxylic acids is 1. The third-order valence-electron chi connectivity index (χ3n) is 4.66. The van der Waals surface area contributed by atoms with E-state index in [9.17, 15) is 9.59 Å². The first-order valence-electron chi connectivity index (χ1n) is 8.96. The zero-order valence-corrected chi connectivity index (χ0v) is 16.7. The molecule has 148 valence electrons. The molecule has 2 aromatic carbocycles. The summed E-state index contributed by atoms with van der Waals surface area (Å²) in [5, 5.41) is 13.9. The van der Waals surface area contributed by atoms with E-state index in [0.29, 0.717) is 32.8 Å². The van der Waals surface area contributed by atoms with Gasteiger partial charge in [0.1, 0.15) is 11.4 Å². The fourth-order valence-corrected chi connectivity index (χ4v) is 3.66. The lowest BCUT2D eigenvalue weighted by Crippen LogP contribution is -2.12. The van der Waals surface area contributed by atoms with Gasteiger partial charge < -0.3 is 9.84 Å². The Morgan fingerprint density at radius 3 is 2.55 bits per heavy atom. The standard InChI is InChI=1S/C21H16Cl2N2O4/c22-16-2-1-3-17(23)20(16)25-10-14(9-24-25)21(28)15-8-13(12-4-5-12)6-7-18(15)29-11-19(26)27/h1-3,6-10,12H,4-5,11H2,(H,26,27). The van der Waals surface area contributed by atoms with Crippen molar-refractivity contribution in [2.75, 3.05) is 6.61 Å². The maximum absolute atomic E-state index is 13.2. The van der Waals surface area contributed by atoms with Crippen molar-refractivity contribution in [2.24, 2.45) is 0 Å². The van der Waals surface area contributed by atoms with Gasteiger partial charge in [-0.2, -0.15) is 5.10 Å². The first-order valence-corrected chi connectivity index (χ1v) is 9.72. The lowest BCUT2D eigenvalue weighted by atomic mass is 10.0. The maximum Gasteiger partial charge on any atom is 0.341 e. The Balaban J connectivity index is 1.70. The first-order chi connectivity index (χ1) is 13.9. The molecule has 8 heteroatoms. The molecule has 1 aliphatic rings. The number of carbonyl (C=O) groups is 2. The Morgan fingerprint density at radius 2 is 1.90 bits per heavy atom. The summed E-state index contributed by atoms with van der Waals surface area (Å²) in [5.41, 5.74) is 2.14. The van der Waals surface area contributed by atoms with Gasteiger partial charge in [-0.15, -0.1) is 0 Å². The van der Waals surface area contributed by atoms with E-state index in [0.717, 1.165) is 18.4 Å². The second-order valence-electron chi connectivity index (χ2n) is 6.79. The van der Waals surface area contributed by atoms with Gasteiger partial charge in [0.2, 0.25) is 0 Å². The van der Waals surface area contributed by atoms with Gasteiger partial charge in [-0.3, -0.25) is 4.79 Å². The van der Waals surface area contributed by atoms with Crippen molar-refractivity contribution < 1.29 is 19.4 Å². The number of hydrogen-bond acceptors (Lipinski definition) is 4. The van der Waals surface area contributed by atoms with Crippen LogP contribution in [0, 0.1) is 0 Å². The fourth-order valence-electron chi connectivity index (χ4n) is 3.09. The summed E-state index contributed by atoms with van der Waals surface area (Å²) in [7, 11) is 0. The Kier molecular flexibility index (Phi) is 5.30. The number of ether oxygens (including phenoxy) is 1. The van der Waals surface area contributed by atoms with Gasteiger partial charge >= 0.3 is 5.97 Å². The number of aliphatic carboxylic acids is 1. The molecule has 1 N–H and O–H groups in total. The van der Waals surface area contributed by atoms with Gasteiger partial charge in [-0.05, 0) is 48.6 Å². The van der Waals surface area contributed by atoms with E-state index in [-0.39, 0.29) is 11.5 Å². The van der Waals surface area contributed by atoms with Crippen molar-refractivity contribution in [1.82, 2.24) is 9.78 Å². The Labute approximate surface area is 176 Å². The van der Waals surface area contributed by atoms with E-state index < -0.39 is 12.6 Å². The average molecular weight is 431 g/mol. The summed E-state index contributed by atoms with van der Waals surface area (Å²) < 4.78 is 6.78. The van der Waals surface area contributed by atoms with Crippen LogP contribution >= 0.6 is 23.2 Å². The number of carboxylic acid groups (broad SMARTS) is 1. The molecule has 1 fully saturated rings. The number of hydrogen-bond donors (Lipinski definition) is 1. The molecule has 1 aromatic heterocycles. The number of para-hydroxylation sites is 1. The Bertz CT molecular complexity index is 1090. The largest absolute Gasteiger partial charge is 0.481 e. The monoisotopic (exact) mass is 430 g/mol. The molecular formula is C21H16Cl2N2O4. The van der Waals surface area contributed by atoms with Crippen LogP contribution in [0.25, 0.3) is 5.69 Å². The third-order valence-corrected chi connectivity index (χ3v) is 5.27. The number of ketones is 1. The highest BCUT2D eigenvalue weighted by Crippen LogP contribution is 2.41. The number of halogens is 2. The highest BCUT2D eigenvalue weighted by Gasteiger charge is 2.26. The lowest BCUT2D eigenvalue weighted by molar-refractivity contribution is -0.139. The van der Waals surface area contributed by atoms with E-state index in [1.807, 2.05) is 6.07 Å². The molecule has 1 heterocycles. The summed E-state index contributed by atoms with van der Waals surface area (Å²) in [6, 6.07) is 10.4. The molecule has 0 amide bonds. The molecule has 6 nitrogen and oxygen atoms in total. The summed E-state index contributed by atoms with van der Waals surface area (Å²) in [6.07, 6.45) is 5.12. The summed E-state index contributed by atoms with van der Waals surface area (Å²) in [5.74, 6) is -0.775. The van der Waals surface area contributed by atoms with E-state index in [1.54, 1.807) is 36.5 Å². The molecule has 0 radical (unpaired) electrons. The van der Waals surface area contributed by atoms with Crippen LogP contribution < -0.4 is 4.74 Å². The van der Waals surface area contributed by atoms with Crippen LogP contribution in [0.2, 0.25) is 10.0 Å². The van der Waals surface area contributed by atoms with Crippen molar-refractivity contribution in [1.29, 1.82) is 0 Å². The maximum atomic E-state index is 13.2. The molecule has 0 atom stereocenters. The predicted octanol–water partition coefficient (Wildman–Crippen LogP) is 4.75. The van der Waals surface area contributed by atoms with Gasteiger partial charge in [0.25, 0.3) is 0 Å². The van der Waals surface area contributed by atoms with Crippen LogP contribution in [0.1, 0.15) is 40.2 Å². The minimum absolute atomic E-state index is 0.227. The molecule has 0 bridgehead atoms. The Morgan fingerprint density at radius 1 is 1.17 bits per heavy atom. The molecule has 0 aliphatic heterocycles. The minimum Gasteiger partial charge on any atom is -0.481 e. The van der Waals surface area contributed by atoms with Gasteiger partial charge in [-0.1, -0.05) is 35.3 Å². The number of carboxylic acids is 1. The van der Waals surface area contributed by atoms with E-state index in [1.165, 1.54) is 10.9 Å². The molecular weight excluding hydrogens is 415 g/mol. The van der Waals surface area contributed by atoms with E-state index >= 15 is 0 Å². The number of rotatable bonds is 7. The van der Waals surface area contributed by atoms with Crippen LogP contribution in [0.3, 0.4) is 0 Å². The smallest absolute Gasteiger partial charge is 0.341 e. The van der Waals surface area contributed by atoms with Crippen molar-refractivity contribution in [2.45, 2.75) is 18.8 Å². The van der Waals surface area contributed by atoms with E-state index in [4.69, 9.17) is 33.0 Å². The molecule has 29 heavy (non-hydrogen) atoms. The molecule has 4 rings (SSSR count). The summed E-state index contributed by atoms with van der Waals surface area (Å²) in [6.45, 7) is -0.530. The quantitative estimate of drug-likeness (QED) is 0.546. The summed E-state index contributed by atoms with van der Waals surface area (Å²) in [4.78, 5) is 24.1. The second-order valence-corrected chi connectivity index (χ2v) is 7.60. The van der Waals surface area contributed by atoms with Crippen molar-refractivity contribution in [3.8, 4) is 11.4 Å². The predicted molar refractivity (Wildman–Crippen MR) is 109 cm³/mol. The molecule has 0 saturated heterocycles. The van der Waals surface area contributed by atoms with Crippen LogP contribution in [0.4, 0.5) is 0 Å². The molecule has 0 unspecified atom stereocenters. The van der Waals surface area contributed by atoms with Crippen molar-refractivity contribution in [3.63, 3.8) is 0 Å². The van der Waals surface area contributed by atoms with Crippen LogP contribution in [-0.4, -0.2) is 33.2 Å². The molecule has 3 aromatic rings. The van der Waals surface area contributed by atoms with Crippen LogP contribution in [0.5, 0.6) is 5.75 Å². The molecule has 1 saturated carbocycles. The first kappa shape index (κ1) is 19.5. The van der Waals surface area contributed by atoms with Gasteiger partial charge in [0.15, 0.2) is 12.4 Å². The molecule has 0 spiro atoms. The lowest BCUT2D eigenvalue weighted by Gasteiger charge is -2.11. The van der Waals surface area contributed by atoms with Crippen LogP contribution in [0.15, 0.2) is 48.8 Å². The molecule has 1 aliphatic carbocycles. The van der Waals surface area contributed by atoms with Gasteiger partial charge in [-0.25, -0.2) is 9.48 Å². The van der Waals surface area contributed by atoms with Gasteiger partial charge in [0.05, 0.1) is 27.4 Å². The SMILES string of the molecule is O=C(O)COc1ccc(C2CC2)cc1C(=O)c1cnn(-c2c(Cl)cccc2Cl)c1. The number of benzene rings is 2. The highest BCUT2D eigenvalue weighted by atomic mass is 35.5. The highest BCUT2D eigenvalue weighted by molar-refractivity contribution is 6.37. The van der Waals surface area contributed by atoms with Crippen LogP contribution in [-0.2, 0) is 4.79 Å². The fraction of sp³-hybridized carbons (Fsp3) is 0.190. The number of aromatic nitrogens is 2. The van der Waals surface area contributed by atoms with E-state index in [2.05, 4.69) is 5.10 Å². The third kappa shape index (κ3) is 4.13.